The Morgan fingerprint density at radius 2 is 2.20 bits per heavy atom. The van der Waals surface area contributed by atoms with Crippen molar-refractivity contribution in [1.29, 1.82) is 0 Å². The van der Waals surface area contributed by atoms with Gasteiger partial charge in [0.2, 0.25) is 0 Å². The summed E-state index contributed by atoms with van der Waals surface area (Å²) in [4.78, 5) is 4.15. The van der Waals surface area contributed by atoms with Crippen molar-refractivity contribution >= 4 is 5.82 Å². The van der Waals surface area contributed by atoms with Crippen LogP contribution in [0, 0.1) is 13.0 Å². The Balaban J connectivity index is 0.000000810. The zero-order chi connectivity index (χ0) is 6.69. The molecule has 10 heavy (non-hydrogen) atoms. The van der Waals surface area contributed by atoms with E-state index in [0.717, 1.165) is 11.5 Å². The zero-order valence-corrected chi connectivity index (χ0v) is 8.94. The van der Waals surface area contributed by atoms with Crippen LogP contribution < -0.4 is 5.32 Å². The Morgan fingerprint density at radius 3 is 2.60 bits per heavy atom. The number of anilines is 1. The maximum absolute atomic E-state index is 4.15. The van der Waals surface area contributed by atoms with Crippen LogP contribution in [0.15, 0.2) is 12.1 Å². The van der Waals surface area contributed by atoms with Crippen LogP contribution in [-0.4, -0.2) is 12.0 Å². The second-order valence-electron chi connectivity index (χ2n) is 1.84. The number of aromatic nitrogens is 1. The van der Waals surface area contributed by atoms with Crippen LogP contribution in [0.25, 0.3) is 0 Å². The minimum Gasteiger partial charge on any atom is -0.425 e. The molecule has 0 aliphatic heterocycles. The fraction of sp³-hybridized carbons (Fsp3) is 0.286. The third-order valence-electron chi connectivity index (χ3n) is 1.07. The van der Waals surface area contributed by atoms with Crippen molar-refractivity contribution in [2.24, 2.45) is 0 Å². The molecule has 0 fully saturated rings. The second kappa shape index (κ2) is 4.45. The number of nitrogens with one attached hydrogen (secondary N) is 1. The first kappa shape index (κ1) is 9.64. The molecule has 1 aromatic heterocycles. The SMILES string of the molecule is CNc1c[c-]cc(C)n1.[W]. The van der Waals surface area contributed by atoms with Crippen LogP contribution in [-0.2, 0) is 21.1 Å². The van der Waals surface area contributed by atoms with Crippen LogP contribution in [0.4, 0.5) is 5.82 Å². The van der Waals surface area contributed by atoms with E-state index >= 15 is 0 Å². The van der Waals surface area contributed by atoms with E-state index in [2.05, 4.69) is 16.4 Å². The molecule has 1 N–H and O–H groups in total. The fourth-order valence-electron chi connectivity index (χ4n) is 0.624. The summed E-state index contributed by atoms with van der Waals surface area (Å²) in [5.74, 6) is 0.870. The predicted molar refractivity (Wildman–Crippen MR) is 37.4 cm³/mol. The minimum atomic E-state index is 0. The van der Waals surface area contributed by atoms with Gasteiger partial charge in [-0.2, -0.15) is 12.1 Å². The number of pyridine rings is 1. The van der Waals surface area contributed by atoms with Crippen LogP contribution in [0.2, 0.25) is 0 Å². The number of nitrogens with zero attached hydrogens (tertiary/aromatic N) is 1. The van der Waals surface area contributed by atoms with E-state index in [1.807, 2.05) is 26.1 Å². The number of rotatable bonds is 1. The Hall–Kier alpha value is -0.362. The van der Waals surface area contributed by atoms with Crippen LogP contribution in [0.3, 0.4) is 0 Å². The van der Waals surface area contributed by atoms with Crippen molar-refractivity contribution in [3.8, 4) is 0 Å². The van der Waals surface area contributed by atoms with Gasteiger partial charge in [0.25, 0.3) is 0 Å². The largest absolute Gasteiger partial charge is 0.425 e. The smallest absolute Gasteiger partial charge is 0.0115 e. The molecule has 3 heteroatoms. The molecule has 1 heterocycles. The van der Waals surface area contributed by atoms with Gasteiger partial charge in [-0.3, -0.25) is 0 Å². The molecule has 0 radical (unpaired) electrons. The molecular weight excluding hydrogens is 296 g/mol. The average Bonchev–Trinajstić information content (AvgIpc) is 1.88. The Morgan fingerprint density at radius 1 is 1.50 bits per heavy atom. The first-order chi connectivity index (χ1) is 4.33. The fourth-order valence-corrected chi connectivity index (χ4v) is 0.624. The molecular formula is C7H9N2W-. The number of aryl methyl sites for hydroxylation is 1. The third kappa shape index (κ3) is 2.49. The molecule has 1 aromatic rings. The molecule has 54 valence electrons. The maximum Gasteiger partial charge on any atom is 0.0115 e. The van der Waals surface area contributed by atoms with E-state index in [0.29, 0.717) is 0 Å². The zero-order valence-electron chi connectivity index (χ0n) is 6.01. The molecule has 1 rings (SSSR count). The minimum absolute atomic E-state index is 0. The number of hydrogen-bond acceptors (Lipinski definition) is 2. The van der Waals surface area contributed by atoms with E-state index in [1.165, 1.54) is 0 Å². The standard InChI is InChI=1S/C7H9N2.W/c1-6-4-3-5-7(8-2)9-6;/h4-5H,1-2H3,(H,8,9);/q-1;. The van der Waals surface area contributed by atoms with E-state index in [-0.39, 0.29) is 21.1 Å². The first-order valence-electron chi connectivity index (χ1n) is 2.85. The molecule has 0 atom stereocenters. The van der Waals surface area contributed by atoms with Gasteiger partial charge in [0.1, 0.15) is 0 Å². The van der Waals surface area contributed by atoms with Crippen LogP contribution >= 0.6 is 0 Å². The molecule has 0 bridgehead atoms. The van der Waals surface area contributed by atoms with Crippen LogP contribution in [0.5, 0.6) is 0 Å². The summed E-state index contributed by atoms with van der Waals surface area (Å²) in [6.07, 6.45) is 0. The van der Waals surface area contributed by atoms with E-state index in [9.17, 15) is 0 Å². The molecule has 0 amide bonds. The van der Waals surface area contributed by atoms with E-state index in [4.69, 9.17) is 0 Å². The normalized spacial score (nSPS) is 8.20. The second-order valence-corrected chi connectivity index (χ2v) is 1.84. The molecule has 0 spiro atoms. The molecule has 0 aliphatic carbocycles. The van der Waals surface area contributed by atoms with Crippen molar-refractivity contribution in [3.05, 3.63) is 23.9 Å². The summed E-state index contributed by atoms with van der Waals surface area (Å²) in [6.45, 7) is 1.94. The summed E-state index contributed by atoms with van der Waals surface area (Å²) in [5.41, 5.74) is 0.988. The topological polar surface area (TPSA) is 24.9 Å². The molecule has 0 aliphatic rings. The first-order valence-corrected chi connectivity index (χ1v) is 2.85. The van der Waals surface area contributed by atoms with Gasteiger partial charge in [-0.05, 0) is 7.05 Å². The van der Waals surface area contributed by atoms with Crippen molar-refractivity contribution in [2.75, 3.05) is 12.4 Å². The van der Waals surface area contributed by atoms with Gasteiger partial charge in [0.15, 0.2) is 0 Å². The van der Waals surface area contributed by atoms with Gasteiger partial charge in [-0.25, -0.2) is 0 Å². The third-order valence-corrected chi connectivity index (χ3v) is 1.07. The van der Waals surface area contributed by atoms with Gasteiger partial charge in [-0.15, -0.1) is 6.07 Å². The monoisotopic (exact) mass is 305 g/mol. The summed E-state index contributed by atoms with van der Waals surface area (Å²) in [7, 11) is 1.84. The molecule has 0 unspecified atom stereocenters. The Labute approximate surface area is 75.3 Å². The summed E-state index contributed by atoms with van der Waals surface area (Å²) < 4.78 is 0. The number of hydrogen-bond donors (Lipinski definition) is 1. The Kier molecular flexibility index (Phi) is 4.29. The van der Waals surface area contributed by atoms with Gasteiger partial charge >= 0.3 is 0 Å². The van der Waals surface area contributed by atoms with E-state index < -0.39 is 0 Å². The van der Waals surface area contributed by atoms with Gasteiger partial charge in [0.05, 0.1) is 0 Å². The van der Waals surface area contributed by atoms with Gasteiger partial charge in [0, 0.05) is 26.9 Å². The summed E-state index contributed by atoms with van der Waals surface area (Å²) in [6, 6.07) is 6.62. The van der Waals surface area contributed by atoms with Crippen molar-refractivity contribution < 1.29 is 21.1 Å². The molecule has 2 nitrogen and oxygen atoms in total. The maximum atomic E-state index is 4.15. The quantitative estimate of drug-likeness (QED) is 0.790. The van der Waals surface area contributed by atoms with Crippen molar-refractivity contribution in [1.82, 2.24) is 4.98 Å². The Bertz CT molecular complexity index is 201. The van der Waals surface area contributed by atoms with E-state index in [1.54, 1.807) is 0 Å². The average molecular weight is 305 g/mol. The summed E-state index contributed by atoms with van der Waals surface area (Å²) in [5, 5.41) is 2.93. The molecule has 0 aromatic carbocycles. The molecule has 0 saturated carbocycles. The summed E-state index contributed by atoms with van der Waals surface area (Å²) >= 11 is 0. The van der Waals surface area contributed by atoms with Crippen molar-refractivity contribution in [3.63, 3.8) is 0 Å². The van der Waals surface area contributed by atoms with Gasteiger partial charge < -0.3 is 10.3 Å². The molecule has 0 saturated heterocycles. The van der Waals surface area contributed by atoms with Crippen LogP contribution in [0.1, 0.15) is 5.69 Å². The van der Waals surface area contributed by atoms with Gasteiger partial charge in [-0.1, -0.05) is 12.6 Å². The van der Waals surface area contributed by atoms with Crippen molar-refractivity contribution in [2.45, 2.75) is 6.92 Å². The predicted octanol–water partition coefficient (Wildman–Crippen LogP) is 1.23.